The van der Waals surface area contributed by atoms with Gasteiger partial charge in [-0.1, -0.05) is 35.3 Å². The summed E-state index contributed by atoms with van der Waals surface area (Å²) in [7, 11) is 1.59. The zero-order chi connectivity index (χ0) is 17.5. The number of methoxy groups -OCH3 is 1. The number of benzene rings is 2. The van der Waals surface area contributed by atoms with E-state index in [9.17, 15) is 9.59 Å². The highest BCUT2D eigenvalue weighted by molar-refractivity contribution is 6.36. The van der Waals surface area contributed by atoms with Crippen molar-refractivity contribution < 1.29 is 14.3 Å². The highest BCUT2D eigenvalue weighted by atomic mass is 35.5. The number of carbonyl (C=O) groups is 2. The van der Waals surface area contributed by atoms with E-state index in [0.29, 0.717) is 22.3 Å². The SMILES string of the molecule is COc1ccc(CNC(=O)CC(=O)Nc2ccc(Cl)cc2Cl)cc1. The van der Waals surface area contributed by atoms with Crippen LogP contribution in [0.3, 0.4) is 0 Å². The summed E-state index contributed by atoms with van der Waals surface area (Å²) in [6, 6.07) is 12.0. The van der Waals surface area contributed by atoms with Gasteiger partial charge in [0.1, 0.15) is 12.2 Å². The molecule has 0 aromatic heterocycles. The average molecular weight is 367 g/mol. The van der Waals surface area contributed by atoms with Gasteiger partial charge in [0.15, 0.2) is 0 Å². The molecule has 2 N–H and O–H groups in total. The Morgan fingerprint density at radius 1 is 1.04 bits per heavy atom. The molecular weight excluding hydrogens is 351 g/mol. The van der Waals surface area contributed by atoms with Crippen LogP contribution < -0.4 is 15.4 Å². The molecule has 0 saturated heterocycles. The van der Waals surface area contributed by atoms with E-state index in [1.165, 1.54) is 6.07 Å². The molecule has 126 valence electrons. The topological polar surface area (TPSA) is 67.4 Å². The van der Waals surface area contributed by atoms with Gasteiger partial charge in [0.2, 0.25) is 11.8 Å². The maximum atomic E-state index is 11.9. The Bertz CT molecular complexity index is 733. The van der Waals surface area contributed by atoms with Crippen molar-refractivity contribution >= 4 is 40.7 Å². The fourth-order valence-corrected chi connectivity index (χ4v) is 2.39. The van der Waals surface area contributed by atoms with Crippen LogP contribution in [0.1, 0.15) is 12.0 Å². The molecule has 2 aromatic carbocycles. The number of nitrogens with one attached hydrogen (secondary N) is 2. The molecule has 0 unspecified atom stereocenters. The lowest BCUT2D eigenvalue weighted by Crippen LogP contribution is -2.27. The Labute approximate surface area is 149 Å². The molecule has 0 atom stereocenters. The normalized spacial score (nSPS) is 10.1. The second kappa shape index (κ2) is 8.57. The van der Waals surface area contributed by atoms with Gasteiger partial charge < -0.3 is 15.4 Å². The number of hydrogen-bond acceptors (Lipinski definition) is 3. The van der Waals surface area contributed by atoms with Crippen molar-refractivity contribution in [3.8, 4) is 5.75 Å². The van der Waals surface area contributed by atoms with E-state index in [0.717, 1.165) is 11.3 Å². The number of anilines is 1. The zero-order valence-corrected chi connectivity index (χ0v) is 14.4. The Hall–Kier alpha value is -2.24. The highest BCUT2D eigenvalue weighted by Crippen LogP contribution is 2.25. The lowest BCUT2D eigenvalue weighted by Gasteiger charge is -2.08. The molecule has 0 aliphatic carbocycles. The fraction of sp³-hybridized carbons (Fsp3) is 0.176. The molecule has 0 saturated carbocycles. The van der Waals surface area contributed by atoms with E-state index in [1.54, 1.807) is 31.4 Å². The molecule has 7 heteroatoms. The van der Waals surface area contributed by atoms with E-state index in [4.69, 9.17) is 27.9 Å². The summed E-state index contributed by atoms with van der Waals surface area (Å²) in [5, 5.41) is 6.04. The van der Waals surface area contributed by atoms with E-state index < -0.39 is 5.91 Å². The Kier molecular flexibility index (Phi) is 6.46. The molecule has 0 bridgehead atoms. The molecule has 0 spiro atoms. The third kappa shape index (κ3) is 5.44. The van der Waals surface area contributed by atoms with E-state index >= 15 is 0 Å². The molecule has 2 rings (SSSR count). The summed E-state index contributed by atoms with van der Waals surface area (Å²) in [5.41, 5.74) is 1.32. The largest absolute Gasteiger partial charge is 0.497 e. The zero-order valence-electron chi connectivity index (χ0n) is 12.9. The second-order valence-corrected chi connectivity index (χ2v) is 5.82. The minimum atomic E-state index is -0.452. The molecule has 0 radical (unpaired) electrons. The lowest BCUT2D eigenvalue weighted by molar-refractivity contribution is -0.126. The Morgan fingerprint density at radius 2 is 1.75 bits per heavy atom. The number of halogens is 2. The van der Waals surface area contributed by atoms with E-state index in [-0.39, 0.29) is 12.3 Å². The molecular formula is C17H16Cl2N2O3. The molecule has 0 fully saturated rings. The highest BCUT2D eigenvalue weighted by Gasteiger charge is 2.11. The lowest BCUT2D eigenvalue weighted by atomic mass is 10.2. The maximum Gasteiger partial charge on any atom is 0.233 e. The second-order valence-electron chi connectivity index (χ2n) is 4.97. The van der Waals surface area contributed by atoms with Crippen LogP contribution in [0.2, 0.25) is 10.0 Å². The van der Waals surface area contributed by atoms with Crippen LogP contribution in [0.15, 0.2) is 42.5 Å². The van der Waals surface area contributed by atoms with Crippen LogP contribution >= 0.6 is 23.2 Å². The number of rotatable bonds is 6. The van der Waals surface area contributed by atoms with Gasteiger partial charge in [-0.15, -0.1) is 0 Å². The van der Waals surface area contributed by atoms with Gasteiger partial charge in [0.05, 0.1) is 17.8 Å². The summed E-state index contributed by atoms with van der Waals surface area (Å²) in [6.45, 7) is 0.331. The molecule has 0 aliphatic rings. The van der Waals surface area contributed by atoms with Crippen LogP contribution in [-0.4, -0.2) is 18.9 Å². The molecule has 5 nitrogen and oxygen atoms in total. The summed E-state index contributed by atoms with van der Waals surface area (Å²) >= 11 is 11.8. The molecule has 0 aliphatic heterocycles. The van der Waals surface area contributed by atoms with Crippen molar-refractivity contribution in [1.29, 1.82) is 0 Å². The van der Waals surface area contributed by atoms with Crippen molar-refractivity contribution in [3.63, 3.8) is 0 Å². The van der Waals surface area contributed by atoms with Crippen molar-refractivity contribution in [2.45, 2.75) is 13.0 Å². The van der Waals surface area contributed by atoms with Crippen LogP contribution in [-0.2, 0) is 16.1 Å². The fourth-order valence-electron chi connectivity index (χ4n) is 1.94. The van der Waals surface area contributed by atoms with Crippen molar-refractivity contribution in [3.05, 3.63) is 58.1 Å². The van der Waals surface area contributed by atoms with Crippen LogP contribution in [0, 0.1) is 0 Å². The third-order valence-electron chi connectivity index (χ3n) is 3.18. The predicted molar refractivity (Wildman–Crippen MR) is 94.5 cm³/mol. The molecule has 0 heterocycles. The minimum absolute atomic E-state index is 0.297. The maximum absolute atomic E-state index is 11.9. The first-order valence-electron chi connectivity index (χ1n) is 7.12. The van der Waals surface area contributed by atoms with Gasteiger partial charge in [-0.3, -0.25) is 9.59 Å². The molecule has 2 amide bonds. The van der Waals surface area contributed by atoms with Gasteiger partial charge in [-0.2, -0.15) is 0 Å². The minimum Gasteiger partial charge on any atom is -0.497 e. The number of amides is 2. The first kappa shape index (κ1) is 18.1. The number of ether oxygens (including phenoxy) is 1. The Morgan fingerprint density at radius 3 is 2.38 bits per heavy atom. The van der Waals surface area contributed by atoms with Crippen LogP contribution in [0.4, 0.5) is 5.69 Å². The summed E-state index contributed by atoms with van der Waals surface area (Å²) < 4.78 is 5.06. The average Bonchev–Trinajstić information content (AvgIpc) is 2.56. The summed E-state index contributed by atoms with van der Waals surface area (Å²) in [4.78, 5) is 23.7. The van der Waals surface area contributed by atoms with Crippen molar-refractivity contribution in [2.75, 3.05) is 12.4 Å². The first-order chi connectivity index (χ1) is 11.5. The summed E-state index contributed by atoms with van der Waals surface area (Å²) in [5.74, 6) is -0.0934. The quantitative estimate of drug-likeness (QED) is 0.766. The van der Waals surface area contributed by atoms with Gasteiger partial charge in [0, 0.05) is 11.6 Å². The molecule has 2 aromatic rings. The van der Waals surface area contributed by atoms with Crippen LogP contribution in [0.25, 0.3) is 0 Å². The monoisotopic (exact) mass is 366 g/mol. The number of hydrogen-bond donors (Lipinski definition) is 2. The van der Waals surface area contributed by atoms with Gasteiger partial charge >= 0.3 is 0 Å². The van der Waals surface area contributed by atoms with E-state index in [2.05, 4.69) is 10.6 Å². The van der Waals surface area contributed by atoms with Crippen molar-refractivity contribution in [1.82, 2.24) is 5.32 Å². The third-order valence-corrected chi connectivity index (χ3v) is 3.72. The smallest absolute Gasteiger partial charge is 0.233 e. The molecule has 24 heavy (non-hydrogen) atoms. The predicted octanol–water partition coefficient (Wildman–Crippen LogP) is 3.65. The van der Waals surface area contributed by atoms with E-state index in [1.807, 2.05) is 12.1 Å². The van der Waals surface area contributed by atoms with Gasteiger partial charge in [0.25, 0.3) is 0 Å². The van der Waals surface area contributed by atoms with Gasteiger partial charge in [-0.05, 0) is 35.9 Å². The van der Waals surface area contributed by atoms with Crippen molar-refractivity contribution in [2.24, 2.45) is 0 Å². The van der Waals surface area contributed by atoms with Gasteiger partial charge in [-0.25, -0.2) is 0 Å². The Balaban J connectivity index is 1.81. The number of carbonyl (C=O) groups excluding carboxylic acids is 2. The summed E-state index contributed by atoms with van der Waals surface area (Å²) in [6.07, 6.45) is -0.297. The van der Waals surface area contributed by atoms with Crippen LogP contribution in [0.5, 0.6) is 5.75 Å². The standard InChI is InChI=1S/C17H16Cl2N2O3/c1-24-13-5-2-11(3-6-13)10-20-16(22)9-17(23)21-15-7-4-12(18)8-14(15)19/h2-8H,9-10H2,1H3,(H,20,22)(H,21,23). The first-order valence-corrected chi connectivity index (χ1v) is 7.88.